The van der Waals surface area contributed by atoms with E-state index in [4.69, 9.17) is 4.74 Å². The van der Waals surface area contributed by atoms with E-state index in [1.54, 1.807) is 6.07 Å². The Balaban J connectivity index is 1.85. The van der Waals surface area contributed by atoms with Crippen LogP contribution in [-0.2, 0) is 4.74 Å². The fourth-order valence-electron chi connectivity index (χ4n) is 1.95. The van der Waals surface area contributed by atoms with Crippen LogP contribution in [0.2, 0.25) is 0 Å². The van der Waals surface area contributed by atoms with Gasteiger partial charge >= 0.3 is 6.29 Å². The standard InChI is InChI=1S/C11H11F2NO3/c12-11(13)16-8-2-1-7(5-9(8)17-11)10-6-14-3-4-15-10/h1-2,5,10,14H,3-4,6H2. The van der Waals surface area contributed by atoms with Crippen molar-refractivity contribution >= 4 is 0 Å². The molecule has 92 valence electrons. The van der Waals surface area contributed by atoms with E-state index in [0.717, 1.165) is 12.1 Å². The van der Waals surface area contributed by atoms with E-state index in [1.165, 1.54) is 12.1 Å². The number of rotatable bonds is 1. The lowest BCUT2D eigenvalue weighted by molar-refractivity contribution is -0.286. The minimum absolute atomic E-state index is 0.0571. The van der Waals surface area contributed by atoms with Crippen molar-refractivity contribution in [3.8, 4) is 11.5 Å². The van der Waals surface area contributed by atoms with E-state index in [-0.39, 0.29) is 17.6 Å². The molecule has 6 heteroatoms. The van der Waals surface area contributed by atoms with Crippen LogP contribution in [0.1, 0.15) is 11.7 Å². The van der Waals surface area contributed by atoms with Gasteiger partial charge in [0.05, 0.1) is 12.7 Å². The van der Waals surface area contributed by atoms with Gasteiger partial charge in [-0.15, -0.1) is 8.78 Å². The highest BCUT2D eigenvalue weighted by atomic mass is 19.3. The van der Waals surface area contributed by atoms with Gasteiger partial charge in [-0.05, 0) is 17.7 Å². The van der Waals surface area contributed by atoms with E-state index >= 15 is 0 Å². The van der Waals surface area contributed by atoms with Crippen molar-refractivity contribution in [3.63, 3.8) is 0 Å². The second-order valence-corrected chi connectivity index (χ2v) is 3.94. The molecule has 0 bridgehead atoms. The molecule has 1 atom stereocenters. The first-order chi connectivity index (χ1) is 8.14. The molecule has 2 aliphatic rings. The first kappa shape index (κ1) is 10.7. The monoisotopic (exact) mass is 243 g/mol. The Hall–Kier alpha value is -1.40. The lowest BCUT2D eigenvalue weighted by atomic mass is 10.1. The van der Waals surface area contributed by atoms with Gasteiger partial charge in [-0.25, -0.2) is 0 Å². The van der Waals surface area contributed by atoms with E-state index in [2.05, 4.69) is 14.8 Å². The zero-order chi connectivity index (χ0) is 11.9. The molecule has 1 saturated heterocycles. The van der Waals surface area contributed by atoms with E-state index < -0.39 is 6.29 Å². The molecule has 0 amide bonds. The summed E-state index contributed by atoms with van der Waals surface area (Å²) in [7, 11) is 0. The summed E-state index contributed by atoms with van der Waals surface area (Å²) in [6, 6.07) is 4.72. The van der Waals surface area contributed by atoms with Gasteiger partial charge in [0.1, 0.15) is 0 Å². The number of hydrogen-bond acceptors (Lipinski definition) is 4. The van der Waals surface area contributed by atoms with Crippen molar-refractivity contribution < 1.29 is 23.0 Å². The van der Waals surface area contributed by atoms with Crippen molar-refractivity contribution in [1.82, 2.24) is 5.32 Å². The lowest BCUT2D eigenvalue weighted by Gasteiger charge is -2.23. The summed E-state index contributed by atoms with van der Waals surface area (Å²) in [4.78, 5) is 0. The first-order valence-corrected chi connectivity index (χ1v) is 5.36. The van der Waals surface area contributed by atoms with Crippen LogP contribution in [0.3, 0.4) is 0 Å². The Morgan fingerprint density at radius 2 is 2.06 bits per heavy atom. The van der Waals surface area contributed by atoms with Gasteiger partial charge in [-0.2, -0.15) is 0 Å². The molecule has 2 aliphatic heterocycles. The molecule has 17 heavy (non-hydrogen) atoms. The highest BCUT2D eigenvalue weighted by Crippen LogP contribution is 2.42. The molecule has 1 N–H and O–H groups in total. The minimum atomic E-state index is -3.56. The van der Waals surface area contributed by atoms with Crippen molar-refractivity contribution in [3.05, 3.63) is 23.8 Å². The summed E-state index contributed by atoms with van der Waals surface area (Å²) >= 11 is 0. The molecular formula is C11H11F2NO3. The number of fused-ring (bicyclic) bond motifs is 1. The molecule has 1 fully saturated rings. The molecule has 1 unspecified atom stereocenters. The average molecular weight is 243 g/mol. The van der Waals surface area contributed by atoms with E-state index in [1.807, 2.05) is 0 Å². The third-order valence-corrected chi connectivity index (χ3v) is 2.72. The Labute approximate surface area is 96.5 Å². The molecule has 2 heterocycles. The molecule has 1 aromatic rings. The molecule has 0 aliphatic carbocycles. The predicted octanol–water partition coefficient (Wildman–Crippen LogP) is 1.67. The SMILES string of the molecule is FC1(F)Oc2ccc(C3CNCCO3)cc2O1. The van der Waals surface area contributed by atoms with Crippen molar-refractivity contribution in [1.29, 1.82) is 0 Å². The second-order valence-electron chi connectivity index (χ2n) is 3.94. The van der Waals surface area contributed by atoms with Gasteiger partial charge in [0.25, 0.3) is 0 Å². The molecule has 0 spiro atoms. The number of morpholine rings is 1. The Kier molecular flexibility index (Phi) is 2.41. The quantitative estimate of drug-likeness (QED) is 0.814. The molecular weight excluding hydrogens is 232 g/mol. The number of alkyl halides is 2. The van der Waals surface area contributed by atoms with Crippen LogP contribution in [0.5, 0.6) is 11.5 Å². The number of benzene rings is 1. The van der Waals surface area contributed by atoms with Crippen LogP contribution >= 0.6 is 0 Å². The fourth-order valence-corrected chi connectivity index (χ4v) is 1.95. The molecule has 0 saturated carbocycles. The van der Waals surface area contributed by atoms with Crippen molar-refractivity contribution in [2.75, 3.05) is 19.7 Å². The van der Waals surface area contributed by atoms with Gasteiger partial charge in [0.15, 0.2) is 11.5 Å². The summed E-state index contributed by atoms with van der Waals surface area (Å²) in [6.07, 6.45) is -3.70. The Morgan fingerprint density at radius 1 is 1.24 bits per heavy atom. The largest absolute Gasteiger partial charge is 0.586 e. The van der Waals surface area contributed by atoms with Gasteiger partial charge in [-0.1, -0.05) is 6.07 Å². The third kappa shape index (κ3) is 2.05. The van der Waals surface area contributed by atoms with Crippen molar-refractivity contribution in [2.45, 2.75) is 12.4 Å². The maximum absolute atomic E-state index is 12.8. The lowest BCUT2D eigenvalue weighted by Crippen LogP contribution is -2.33. The van der Waals surface area contributed by atoms with Gasteiger partial charge < -0.3 is 19.5 Å². The summed E-state index contributed by atoms with van der Waals surface area (Å²) in [6.45, 7) is 2.07. The van der Waals surface area contributed by atoms with Crippen molar-refractivity contribution in [2.24, 2.45) is 0 Å². The summed E-state index contributed by atoms with van der Waals surface area (Å²) in [5, 5.41) is 3.17. The fraction of sp³-hybridized carbons (Fsp3) is 0.455. The summed E-state index contributed by atoms with van der Waals surface area (Å²) < 4.78 is 39.9. The number of nitrogens with one attached hydrogen (secondary N) is 1. The highest BCUT2D eigenvalue weighted by Gasteiger charge is 2.43. The van der Waals surface area contributed by atoms with Crippen LogP contribution < -0.4 is 14.8 Å². The average Bonchev–Trinajstić information content (AvgIpc) is 2.63. The molecule has 3 rings (SSSR count). The first-order valence-electron chi connectivity index (χ1n) is 5.36. The zero-order valence-corrected chi connectivity index (χ0v) is 8.91. The predicted molar refractivity (Wildman–Crippen MR) is 54.2 cm³/mol. The van der Waals surface area contributed by atoms with E-state index in [0.29, 0.717) is 13.2 Å². The Bertz CT molecular complexity index is 433. The molecule has 0 aromatic heterocycles. The number of hydrogen-bond donors (Lipinski definition) is 1. The minimum Gasteiger partial charge on any atom is -0.395 e. The second kappa shape index (κ2) is 3.82. The Morgan fingerprint density at radius 3 is 2.82 bits per heavy atom. The third-order valence-electron chi connectivity index (χ3n) is 2.72. The van der Waals surface area contributed by atoms with Crippen LogP contribution in [-0.4, -0.2) is 26.0 Å². The van der Waals surface area contributed by atoms with E-state index in [9.17, 15) is 8.78 Å². The summed E-state index contributed by atoms with van der Waals surface area (Å²) in [5.41, 5.74) is 0.803. The highest BCUT2D eigenvalue weighted by molar-refractivity contribution is 5.45. The van der Waals surface area contributed by atoms with Crippen LogP contribution in [0.4, 0.5) is 8.78 Å². The zero-order valence-electron chi connectivity index (χ0n) is 8.91. The normalized spacial score (nSPS) is 25.9. The molecule has 4 nitrogen and oxygen atoms in total. The topological polar surface area (TPSA) is 39.7 Å². The molecule has 0 radical (unpaired) electrons. The smallest absolute Gasteiger partial charge is 0.395 e. The van der Waals surface area contributed by atoms with Crippen LogP contribution in [0.25, 0.3) is 0 Å². The van der Waals surface area contributed by atoms with Crippen LogP contribution in [0, 0.1) is 0 Å². The van der Waals surface area contributed by atoms with Crippen LogP contribution in [0.15, 0.2) is 18.2 Å². The number of halogens is 2. The van der Waals surface area contributed by atoms with Gasteiger partial charge in [0.2, 0.25) is 0 Å². The molecule has 1 aromatic carbocycles. The van der Waals surface area contributed by atoms with Gasteiger partial charge in [0, 0.05) is 13.1 Å². The maximum atomic E-state index is 12.8. The maximum Gasteiger partial charge on any atom is 0.586 e. The summed E-state index contributed by atoms with van der Waals surface area (Å²) in [5.74, 6) is 0.115. The number of ether oxygens (including phenoxy) is 3. The van der Waals surface area contributed by atoms with Gasteiger partial charge in [-0.3, -0.25) is 0 Å².